The zero-order valence-electron chi connectivity index (χ0n) is 9.29. The smallest absolute Gasteiger partial charge is 0.101 e. The number of hydrogen-bond acceptors (Lipinski definition) is 3. The van der Waals surface area contributed by atoms with E-state index in [0.717, 1.165) is 27.8 Å². The van der Waals surface area contributed by atoms with Gasteiger partial charge in [0.2, 0.25) is 0 Å². The van der Waals surface area contributed by atoms with Gasteiger partial charge in [0.1, 0.15) is 5.76 Å². The van der Waals surface area contributed by atoms with Crippen LogP contribution in [0.5, 0.6) is 0 Å². The van der Waals surface area contributed by atoms with E-state index in [1.807, 2.05) is 24.4 Å². The molecule has 1 atom stereocenters. The van der Waals surface area contributed by atoms with Gasteiger partial charge in [-0.05, 0) is 31.0 Å². The molecule has 0 radical (unpaired) electrons. The van der Waals surface area contributed by atoms with Gasteiger partial charge in [-0.3, -0.25) is 0 Å². The number of hydrogen-bond donors (Lipinski definition) is 1. The predicted octanol–water partition coefficient (Wildman–Crippen LogP) is 4.00. The highest BCUT2D eigenvalue weighted by Gasteiger charge is 2.18. The summed E-state index contributed by atoms with van der Waals surface area (Å²) in [4.78, 5) is 1.14. The third kappa shape index (κ3) is 2.32. The summed E-state index contributed by atoms with van der Waals surface area (Å²) >= 11 is 7.83. The van der Waals surface area contributed by atoms with E-state index >= 15 is 0 Å². The van der Waals surface area contributed by atoms with Gasteiger partial charge in [-0.1, -0.05) is 18.5 Å². The largest absolute Gasteiger partial charge is 0.469 e. The maximum atomic E-state index is 6.17. The Morgan fingerprint density at radius 2 is 2.38 bits per heavy atom. The summed E-state index contributed by atoms with van der Waals surface area (Å²) in [5, 5.41) is 6.24. The van der Waals surface area contributed by atoms with Crippen LogP contribution < -0.4 is 5.32 Å². The monoisotopic (exact) mass is 255 g/mol. The first kappa shape index (κ1) is 11.7. The van der Waals surface area contributed by atoms with Crippen LogP contribution in [0.15, 0.2) is 28.2 Å². The standard InChI is InChI=1S/C12H14ClNOS/c1-3-14-11(9-6-8(2)15-7-9)12-10(13)4-5-16-12/h4-7,11,14H,3H2,1-2H3. The van der Waals surface area contributed by atoms with E-state index in [9.17, 15) is 0 Å². The number of thiophene rings is 1. The molecule has 2 nitrogen and oxygen atoms in total. The molecule has 4 heteroatoms. The molecule has 0 fully saturated rings. The number of aryl methyl sites for hydroxylation is 1. The SMILES string of the molecule is CCNC(c1coc(C)c1)c1sccc1Cl. The van der Waals surface area contributed by atoms with Crippen LogP contribution in [0.3, 0.4) is 0 Å². The van der Waals surface area contributed by atoms with E-state index in [1.165, 1.54) is 0 Å². The molecule has 0 aliphatic rings. The quantitative estimate of drug-likeness (QED) is 0.893. The van der Waals surface area contributed by atoms with Gasteiger partial charge < -0.3 is 9.73 Å². The van der Waals surface area contributed by atoms with Crippen LogP contribution in [0.25, 0.3) is 0 Å². The van der Waals surface area contributed by atoms with Crippen molar-refractivity contribution in [2.75, 3.05) is 6.54 Å². The van der Waals surface area contributed by atoms with E-state index < -0.39 is 0 Å². The number of furan rings is 1. The Morgan fingerprint density at radius 3 is 2.88 bits per heavy atom. The molecule has 0 spiro atoms. The van der Waals surface area contributed by atoms with Crippen LogP contribution in [0.4, 0.5) is 0 Å². The first-order valence-electron chi connectivity index (χ1n) is 5.23. The van der Waals surface area contributed by atoms with Crippen LogP contribution in [0.1, 0.15) is 29.2 Å². The van der Waals surface area contributed by atoms with E-state index in [4.69, 9.17) is 16.0 Å². The third-order valence-corrected chi connectivity index (χ3v) is 3.82. The Morgan fingerprint density at radius 1 is 1.56 bits per heavy atom. The summed E-state index contributed by atoms with van der Waals surface area (Å²) in [6.07, 6.45) is 1.79. The fraction of sp³-hybridized carbons (Fsp3) is 0.333. The van der Waals surface area contributed by atoms with Crippen molar-refractivity contribution in [2.45, 2.75) is 19.9 Å². The Balaban J connectivity index is 2.34. The molecular weight excluding hydrogens is 242 g/mol. The lowest BCUT2D eigenvalue weighted by Gasteiger charge is -2.15. The van der Waals surface area contributed by atoms with Gasteiger partial charge in [0.25, 0.3) is 0 Å². The fourth-order valence-electron chi connectivity index (χ4n) is 1.69. The Hall–Kier alpha value is -0.770. The molecule has 2 rings (SSSR count). The van der Waals surface area contributed by atoms with Crippen LogP contribution in [-0.2, 0) is 0 Å². The first-order chi connectivity index (χ1) is 7.72. The first-order valence-corrected chi connectivity index (χ1v) is 6.49. The highest BCUT2D eigenvalue weighted by molar-refractivity contribution is 7.10. The van der Waals surface area contributed by atoms with Crippen molar-refractivity contribution in [3.05, 3.63) is 45.0 Å². The second-order valence-corrected chi connectivity index (χ2v) is 4.97. The molecule has 1 unspecified atom stereocenters. The highest BCUT2D eigenvalue weighted by atomic mass is 35.5. The third-order valence-electron chi connectivity index (χ3n) is 2.40. The molecule has 2 aromatic heterocycles. The zero-order chi connectivity index (χ0) is 11.5. The van der Waals surface area contributed by atoms with Crippen molar-refractivity contribution in [1.29, 1.82) is 0 Å². The molecule has 0 amide bonds. The van der Waals surface area contributed by atoms with Gasteiger partial charge in [0.15, 0.2) is 0 Å². The molecule has 0 saturated carbocycles. The van der Waals surface area contributed by atoms with Crippen molar-refractivity contribution < 1.29 is 4.42 Å². The average Bonchev–Trinajstić information content (AvgIpc) is 2.84. The molecule has 2 aromatic rings. The Bertz CT molecular complexity index is 463. The van der Waals surface area contributed by atoms with Gasteiger partial charge in [-0.2, -0.15) is 0 Å². The van der Waals surface area contributed by atoms with Crippen molar-refractivity contribution in [3.8, 4) is 0 Å². The predicted molar refractivity (Wildman–Crippen MR) is 68.3 cm³/mol. The number of halogens is 1. The minimum Gasteiger partial charge on any atom is -0.469 e. The number of nitrogens with one attached hydrogen (secondary N) is 1. The van der Waals surface area contributed by atoms with Gasteiger partial charge in [-0.15, -0.1) is 11.3 Å². The lowest BCUT2D eigenvalue weighted by atomic mass is 10.1. The molecule has 0 bridgehead atoms. The fourth-order valence-corrected chi connectivity index (χ4v) is 2.96. The van der Waals surface area contributed by atoms with Gasteiger partial charge in [0, 0.05) is 10.4 Å². The van der Waals surface area contributed by atoms with Crippen LogP contribution >= 0.6 is 22.9 Å². The minimum absolute atomic E-state index is 0.134. The lowest BCUT2D eigenvalue weighted by molar-refractivity contribution is 0.526. The van der Waals surface area contributed by atoms with Gasteiger partial charge >= 0.3 is 0 Å². The molecule has 1 N–H and O–H groups in total. The molecule has 16 heavy (non-hydrogen) atoms. The Kier molecular flexibility index (Phi) is 3.69. The van der Waals surface area contributed by atoms with Crippen molar-refractivity contribution in [1.82, 2.24) is 5.32 Å². The molecule has 0 aromatic carbocycles. The van der Waals surface area contributed by atoms with E-state index in [-0.39, 0.29) is 6.04 Å². The van der Waals surface area contributed by atoms with Gasteiger partial charge in [-0.25, -0.2) is 0 Å². The average molecular weight is 256 g/mol. The number of rotatable bonds is 4. The normalized spacial score (nSPS) is 12.9. The Labute approximate surface area is 104 Å². The summed E-state index contributed by atoms with van der Waals surface area (Å²) in [7, 11) is 0. The minimum atomic E-state index is 0.134. The van der Waals surface area contributed by atoms with Gasteiger partial charge in [0.05, 0.1) is 17.3 Å². The molecule has 0 aliphatic heterocycles. The molecule has 0 saturated heterocycles. The maximum Gasteiger partial charge on any atom is 0.101 e. The van der Waals surface area contributed by atoms with Crippen molar-refractivity contribution in [2.24, 2.45) is 0 Å². The van der Waals surface area contributed by atoms with Crippen LogP contribution in [0, 0.1) is 6.92 Å². The van der Waals surface area contributed by atoms with E-state index in [0.29, 0.717) is 0 Å². The highest BCUT2D eigenvalue weighted by Crippen LogP contribution is 2.33. The topological polar surface area (TPSA) is 25.2 Å². The lowest BCUT2D eigenvalue weighted by Crippen LogP contribution is -2.20. The summed E-state index contributed by atoms with van der Waals surface area (Å²) in [5.41, 5.74) is 1.13. The molecular formula is C12H14ClNOS. The van der Waals surface area contributed by atoms with Crippen LogP contribution in [0.2, 0.25) is 5.02 Å². The van der Waals surface area contributed by atoms with Crippen molar-refractivity contribution >= 4 is 22.9 Å². The summed E-state index contributed by atoms with van der Waals surface area (Å²) in [6, 6.07) is 4.11. The molecule has 86 valence electrons. The molecule has 0 aliphatic carbocycles. The second-order valence-electron chi connectivity index (χ2n) is 3.61. The summed E-state index contributed by atoms with van der Waals surface area (Å²) < 4.78 is 5.35. The van der Waals surface area contributed by atoms with Crippen LogP contribution in [-0.4, -0.2) is 6.54 Å². The maximum absolute atomic E-state index is 6.17. The zero-order valence-corrected chi connectivity index (χ0v) is 10.9. The van der Waals surface area contributed by atoms with E-state index in [1.54, 1.807) is 17.6 Å². The van der Waals surface area contributed by atoms with E-state index in [2.05, 4.69) is 12.2 Å². The second kappa shape index (κ2) is 5.04. The van der Waals surface area contributed by atoms with Crippen molar-refractivity contribution in [3.63, 3.8) is 0 Å². The molecule has 2 heterocycles. The summed E-state index contributed by atoms with van der Waals surface area (Å²) in [5.74, 6) is 0.922. The summed E-state index contributed by atoms with van der Waals surface area (Å²) in [6.45, 7) is 4.92.